The molecule has 0 saturated carbocycles. The molecule has 0 bridgehead atoms. The predicted molar refractivity (Wildman–Crippen MR) is 115 cm³/mol. The maximum Gasteiger partial charge on any atom is 0.266 e. The van der Waals surface area contributed by atoms with E-state index in [0.717, 1.165) is 0 Å². The number of sulfonamides is 1. The molecule has 11 heteroatoms. The Morgan fingerprint density at radius 1 is 1.17 bits per heavy atom. The smallest absolute Gasteiger partial charge is 0.266 e. The molecule has 0 radical (unpaired) electrons. The van der Waals surface area contributed by atoms with Crippen LogP contribution < -0.4 is 5.32 Å². The number of aryl methyl sites for hydroxylation is 1. The van der Waals surface area contributed by atoms with E-state index >= 15 is 0 Å². The van der Waals surface area contributed by atoms with Crippen molar-refractivity contribution in [3.05, 3.63) is 69.8 Å². The molecule has 0 fully saturated rings. The van der Waals surface area contributed by atoms with Crippen LogP contribution in [0.4, 0.5) is 5.82 Å². The molecule has 0 atom stereocenters. The Bertz CT molecular complexity index is 1210. The highest BCUT2D eigenvalue weighted by atomic mass is 35.5. The van der Waals surface area contributed by atoms with Crippen molar-refractivity contribution >= 4 is 45.0 Å². The van der Waals surface area contributed by atoms with Gasteiger partial charge in [0, 0.05) is 23.7 Å². The summed E-state index contributed by atoms with van der Waals surface area (Å²) in [6.45, 7) is 1.78. The van der Waals surface area contributed by atoms with Gasteiger partial charge in [-0.2, -0.15) is 5.10 Å². The molecule has 3 rings (SSSR count). The van der Waals surface area contributed by atoms with Gasteiger partial charge in [0.1, 0.15) is 10.7 Å². The van der Waals surface area contributed by atoms with E-state index in [2.05, 4.69) is 10.4 Å². The Hall–Kier alpha value is -2.43. The topological polar surface area (TPSA) is 93.5 Å². The quantitative estimate of drug-likeness (QED) is 0.553. The number of rotatable bonds is 6. The number of hydrogen-bond donors (Lipinski definition) is 1. The molecular formula is C19H18Cl2N4O4S. The number of hydroxylamine groups is 1. The summed E-state index contributed by atoms with van der Waals surface area (Å²) in [6.07, 6.45) is 0. The van der Waals surface area contributed by atoms with E-state index in [1.54, 1.807) is 37.3 Å². The minimum Gasteiger partial charge on any atom is -0.306 e. The normalized spacial score (nSPS) is 11.7. The average molecular weight is 469 g/mol. The van der Waals surface area contributed by atoms with Gasteiger partial charge in [-0.05, 0) is 43.3 Å². The zero-order chi connectivity index (χ0) is 22.1. The number of amides is 1. The number of nitrogens with one attached hydrogen (secondary N) is 1. The molecule has 0 aliphatic rings. The summed E-state index contributed by atoms with van der Waals surface area (Å²) in [4.78, 5) is 17.4. The molecule has 8 nitrogen and oxygen atoms in total. The first-order valence-electron chi connectivity index (χ1n) is 8.60. The van der Waals surface area contributed by atoms with Crippen molar-refractivity contribution in [1.29, 1.82) is 0 Å². The van der Waals surface area contributed by atoms with Gasteiger partial charge in [-0.1, -0.05) is 33.7 Å². The van der Waals surface area contributed by atoms with Crippen LogP contribution in [0.1, 0.15) is 16.1 Å². The van der Waals surface area contributed by atoms with Crippen LogP contribution in [0.5, 0.6) is 0 Å². The lowest BCUT2D eigenvalue weighted by atomic mass is 10.2. The van der Waals surface area contributed by atoms with Gasteiger partial charge in [0.25, 0.3) is 15.9 Å². The van der Waals surface area contributed by atoms with Gasteiger partial charge in [-0.3, -0.25) is 9.63 Å². The fourth-order valence-electron chi connectivity index (χ4n) is 2.66. The molecule has 0 spiro atoms. The van der Waals surface area contributed by atoms with Crippen molar-refractivity contribution < 1.29 is 18.0 Å². The lowest BCUT2D eigenvalue weighted by molar-refractivity contribution is -0.0258. The first-order valence-corrected chi connectivity index (χ1v) is 10.8. The molecule has 0 aliphatic carbocycles. The standard InChI is InChI=1S/C19H18Cl2N4O4S/c1-12-9-18(25(23-12)15-6-4-5-14(20)11-15)22-19(26)13-7-8-16(21)17(10-13)30(27,28)24(2)29-3/h4-11H,1-3H3,(H,22,26). The van der Waals surface area contributed by atoms with Gasteiger partial charge >= 0.3 is 0 Å². The van der Waals surface area contributed by atoms with Crippen LogP contribution in [0.3, 0.4) is 0 Å². The van der Waals surface area contributed by atoms with E-state index in [1.165, 1.54) is 37.0 Å². The van der Waals surface area contributed by atoms with Gasteiger partial charge in [-0.25, -0.2) is 13.1 Å². The zero-order valence-corrected chi connectivity index (χ0v) is 18.6. The van der Waals surface area contributed by atoms with Crippen molar-refractivity contribution in [2.45, 2.75) is 11.8 Å². The molecule has 0 saturated heterocycles. The second kappa shape index (κ2) is 8.75. The number of carbonyl (C=O) groups excluding carboxylic acids is 1. The van der Waals surface area contributed by atoms with E-state index in [1.807, 2.05) is 0 Å². The van der Waals surface area contributed by atoms with Crippen molar-refractivity contribution in [3.63, 3.8) is 0 Å². The van der Waals surface area contributed by atoms with Crippen molar-refractivity contribution in [2.75, 3.05) is 19.5 Å². The number of anilines is 1. The van der Waals surface area contributed by atoms with Crippen LogP contribution >= 0.6 is 23.2 Å². The van der Waals surface area contributed by atoms with Crippen molar-refractivity contribution in [2.24, 2.45) is 0 Å². The first-order chi connectivity index (χ1) is 14.1. The summed E-state index contributed by atoms with van der Waals surface area (Å²) in [6, 6.07) is 12.6. The maximum absolute atomic E-state index is 12.8. The number of aromatic nitrogens is 2. The molecule has 1 aromatic heterocycles. The Morgan fingerprint density at radius 2 is 1.90 bits per heavy atom. The van der Waals surface area contributed by atoms with Crippen LogP contribution in [0, 0.1) is 6.92 Å². The Labute approximate surface area is 184 Å². The molecule has 2 aromatic carbocycles. The minimum atomic E-state index is -4.03. The van der Waals surface area contributed by atoms with E-state index in [4.69, 9.17) is 28.0 Å². The third-order valence-electron chi connectivity index (χ3n) is 4.19. The highest BCUT2D eigenvalue weighted by molar-refractivity contribution is 7.89. The van der Waals surface area contributed by atoms with Crippen LogP contribution in [-0.2, 0) is 14.9 Å². The summed E-state index contributed by atoms with van der Waals surface area (Å²) in [7, 11) is -1.60. The van der Waals surface area contributed by atoms with Crippen molar-refractivity contribution in [1.82, 2.24) is 14.2 Å². The van der Waals surface area contributed by atoms with Crippen LogP contribution in [0.2, 0.25) is 10.0 Å². The maximum atomic E-state index is 12.8. The molecule has 0 unspecified atom stereocenters. The predicted octanol–water partition coefficient (Wildman–Crippen LogP) is 3.92. The number of hydrogen-bond acceptors (Lipinski definition) is 5. The molecule has 30 heavy (non-hydrogen) atoms. The third kappa shape index (κ3) is 4.50. The molecule has 3 aromatic rings. The Balaban J connectivity index is 1.96. The number of carbonyl (C=O) groups is 1. The molecule has 158 valence electrons. The van der Waals surface area contributed by atoms with Crippen LogP contribution in [0.25, 0.3) is 5.69 Å². The molecule has 1 N–H and O–H groups in total. The highest BCUT2D eigenvalue weighted by Gasteiger charge is 2.25. The monoisotopic (exact) mass is 468 g/mol. The lowest BCUT2D eigenvalue weighted by Gasteiger charge is -2.16. The van der Waals surface area contributed by atoms with Gasteiger partial charge < -0.3 is 5.32 Å². The van der Waals surface area contributed by atoms with E-state index in [9.17, 15) is 13.2 Å². The van der Waals surface area contributed by atoms with Gasteiger partial charge in [-0.15, -0.1) is 0 Å². The number of halogens is 2. The molecule has 1 heterocycles. The fraction of sp³-hybridized carbons (Fsp3) is 0.158. The largest absolute Gasteiger partial charge is 0.306 e. The summed E-state index contributed by atoms with van der Waals surface area (Å²) in [5.74, 6) is -0.139. The molecule has 1 amide bonds. The van der Waals surface area contributed by atoms with Crippen LogP contribution in [-0.4, -0.2) is 42.7 Å². The SMILES string of the molecule is CON(C)S(=O)(=O)c1cc(C(=O)Nc2cc(C)nn2-c2cccc(Cl)c2)ccc1Cl. The number of benzene rings is 2. The average Bonchev–Trinajstić information content (AvgIpc) is 3.07. The number of nitrogens with zero attached hydrogens (tertiary/aromatic N) is 3. The van der Waals surface area contributed by atoms with E-state index in [-0.39, 0.29) is 15.5 Å². The lowest BCUT2D eigenvalue weighted by Crippen LogP contribution is -2.26. The van der Waals surface area contributed by atoms with E-state index in [0.29, 0.717) is 26.7 Å². The summed E-state index contributed by atoms with van der Waals surface area (Å²) < 4.78 is 27.3. The van der Waals surface area contributed by atoms with Gasteiger partial charge in [0.2, 0.25) is 0 Å². The van der Waals surface area contributed by atoms with Crippen LogP contribution in [0.15, 0.2) is 53.4 Å². The second-order valence-electron chi connectivity index (χ2n) is 6.26. The fourth-order valence-corrected chi connectivity index (χ4v) is 4.32. The molecule has 0 aliphatic heterocycles. The Kier molecular flexibility index (Phi) is 6.49. The third-order valence-corrected chi connectivity index (χ3v) is 6.59. The van der Waals surface area contributed by atoms with E-state index < -0.39 is 15.9 Å². The summed E-state index contributed by atoms with van der Waals surface area (Å²) in [5.41, 5.74) is 1.43. The highest BCUT2D eigenvalue weighted by Crippen LogP contribution is 2.26. The first kappa shape index (κ1) is 22.3. The second-order valence-corrected chi connectivity index (χ2v) is 9.01. The summed E-state index contributed by atoms with van der Waals surface area (Å²) >= 11 is 12.1. The Morgan fingerprint density at radius 3 is 2.57 bits per heavy atom. The zero-order valence-electron chi connectivity index (χ0n) is 16.3. The molecular weight excluding hydrogens is 451 g/mol. The van der Waals surface area contributed by atoms with Gasteiger partial charge in [0.15, 0.2) is 0 Å². The van der Waals surface area contributed by atoms with Gasteiger partial charge in [0.05, 0.1) is 23.5 Å². The summed E-state index contributed by atoms with van der Waals surface area (Å²) in [5, 5.41) is 7.61. The van der Waals surface area contributed by atoms with Crippen molar-refractivity contribution in [3.8, 4) is 5.69 Å². The minimum absolute atomic E-state index is 0.0322.